The van der Waals surface area contributed by atoms with Gasteiger partial charge in [0, 0.05) is 37.6 Å². The number of carbonyl (C=O) groups is 1. The lowest BCUT2D eigenvalue weighted by Gasteiger charge is -2.24. The normalized spacial score (nSPS) is 13.6. The van der Waals surface area contributed by atoms with Crippen LogP contribution in [0, 0.1) is 0 Å². The van der Waals surface area contributed by atoms with E-state index in [2.05, 4.69) is 42.6 Å². The summed E-state index contributed by atoms with van der Waals surface area (Å²) in [6, 6.07) is 14.8. The van der Waals surface area contributed by atoms with Gasteiger partial charge in [-0.3, -0.25) is 4.90 Å². The molecule has 0 saturated carbocycles. The lowest BCUT2D eigenvalue weighted by Crippen LogP contribution is -2.37. The molecular weight excluding hydrogens is 532 g/mol. The molecule has 3 heterocycles. The number of hydrogen-bond donors (Lipinski definition) is 4. The first-order valence-electron chi connectivity index (χ1n) is 14.5. The van der Waals surface area contributed by atoms with Crippen molar-refractivity contribution in [3.05, 3.63) is 78.4 Å². The van der Waals surface area contributed by atoms with E-state index < -0.39 is 12.0 Å². The van der Waals surface area contributed by atoms with Crippen LogP contribution in [0.15, 0.2) is 72.1 Å². The SMILES string of the molecule is NC=CC=Nc1cc(N[C@@H](CCN(CCCCc2ccc3c(n2)NCCC3)CCOc2ccccc2)C(=O)O)ncn1. The summed E-state index contributed by atoms with van der Waals surface area (Å²) in [5.41, 5.74) is 7.73. The van der Waals surface area contributed by atoms with Gasteiger partial charge in [-0.2, -0.15) is 0 Å². The van der Waals surface area contributed by atoms with Gasteiger partial charge in [-0.25, -0.2) is 24.7 Å². The number of aliphatic carboxylic acids is 1. The average molecular weight is 573 g/mol. The zero-order valence-corrected chi connectivity index (χ0v) is 23.9. The number of aliphatic imine (C=N–C) groups is 1. The number of aromatic nitrogens is 3. The van der Waals surface area contributed by atoms with E-state index >= 15 is 0 Å². The van der Waals surface area contributed by atoms with Crippen LogP contribution in [-0.2, 0) is 17.6 Å². The number of benzene rings is 1. The second kappa shape index (κ2) is 16.7. The molecule has 0 radical (unpaired) electrons. The number of rotatable bonds is 17. The van der Waals surface area contributed by atoms with Gasteiger partial charge >= 0.3 is 5.97 Å². The van der Waals surface area contributed by atoms with E-state index in [4.69, 9.17) is 15.5 Å². The second-order valence-corrected chi connectivity index (χ2v) is 10.0. The Morgan fingerprint density at radius 3 is 2.88 bits per heavy atom. The summed E-state index contributed by atoms with van der Waals surface area (Å²) < 4.78 is 5.93. The predicted molar refractivity (Wildman–Crippen MR) is 166 cm³/mol. The molecule has 42 heavy (non-hydrogen) atoms. The molecule has 0 unspecified atom stereocenters. The molecule has 0 spiro atoms. The Kier molecular flexibility index (Phi) is 12.1. The molecule has 0 aliphatic carbocycles. The van der Waals surface area contributed by atoms with Crippen molar-refractivity contribution in [2.45, 2.75) is 44.6 Å². The number of nitrogens with one attached hydrogen (secondary N) is 2. The predicted octanol–water partition coefficient (Wildman–Crippen LogP) is 4.06. The van der Waals surface area contributed by atoms with Gasteiger partial charge in [-0.1, -0.05) is 24.3 Å². The monoisotopic (exact) mass is 572 g/mol. The highest BCUT2D eigenvalue weighted by molar-refractivity contribution is 5.77. The zero-order valence-electron chi connectivity index (χ0n) is 23.9. The molecule has 4 rings (SSSR count). The largest absolute Gasteiger partial charge is 0.492 e. The maximum absolute atomic E-state index is 12.1. The van der Waals surface area contributed by atoms with Crippen LogP contribution in [0.1, 0.15) is 36.9 Å². The quantitative estimate of drug-likeness (QED) is 0.138. The molecular formula is C31H40N8O3. The lowest BCUT2D eigenvalue weighted by molar-refractivity contribution is -0.138. The smallest absolute Gasteiger partial charge is 0.326 e. The van der Waals surface area contributed by atoms with Crippen LogP contribution in [0.4, 0.5) is 17.5 Å². The van der Waals surface area contributed by atoms with Crippen LogP contribution in [0.2, 0.25) is 0 Å². The molecule has 1 aromatic carbocycles. The lowest BCUT2D eigenvalue weighted by atomic mass is 10.1. The van der Waals surface area contributed by atoms with Crippen LogP contribution in [0.5, 0.6) is 5.75 Å². The Morgan fingerprint density at radius 2 is 2.05 bits per heavy atom. The van der Waals surface area contributed by atoms with E-state index in [0.717, 1.165) is 62.5 Å². The highest BCUT2D eigenvalue weighted by Gasteiger charge is 2.20. The van der Waals surface area contributed by atoms with Gasteiger partial charge in [-0.05, 0) is 81.1 Å². The molecule has 5 N–H and O–H groups in total. The Labute approximate surface area is 247 Å². The van der Waals surface area contributed by atoms with Crippen molar-refractivity contribution in [1.82, 2.24) is 19.9 Å². The van der Waals surface area contributed by atoms with Crippen molar-refractivity contribution in [1.29, 1.82) is 0 Å². The summed E-state index contributed by atoms with van der Waals surface area (Å²) in [4.78, 5) is 31.6. The minimum Gasteiger partial charge on any atom is -0.492 e. The van der Waals surface area contributed by atoms with E-state index in [1.165, 1.54) is 24.3 Å². The van der Waals surface area contributed by atoms with Gasteiger partial charge in [0.15, 0.2) is 5.82 Å². The van der Waals surface area contributed by atoms with E-state index in [0.29, 0.717) is 37.8 Å². The topological polar surface area (TPSA) is 151 Å². The van der Waals surface area contributed by atoms with Gasteiger partial charge < -0.3 is 26.2 Å². The number of nitrogens with zero attached hydrogens (tertiary/aromatic N) is 5. The second-order valence-electron chi connectivity index (χ2n) is 10.0. The maximum Gasteiger partial charge on any atom is 0.326 e. The molecule has 222 valence electrons. The summed E-state index contributed by atoms with van der Waals surface area (Å²) in [7, 11) is 0. The van der Waals surface area contributed by atoms with Crippen molar-refractivity contribution in [2.24, 2.45) is 10.7 Å². The van der Waals surface area contributed by atoms with Crippen molar-refractivity contribution < 1.29 is 14.6 Å². The van der Waals surface area contributed by atoms with Gasteiger partial charge in [0.05, 0.1) is 0 Å². The molecule has 3 aromatic rings. The summed E-state index contributed by atoms with van der Waals surface area (Å²) in [5, 5.41) is 16.4. The van der Waals surface area contributed by atoms with Crippen LogP contribution in [-0.4, -0.2) is 76.0 Å². The minimum absolute atomic E-state index is 0.386. The fraction of sp³-hybridized carbons (Fsp3) is 0.387. The number of fused-ring (bicyclic) bond motifs is 1. The summed E-state index contributed by atoms with van der Waals surface area (Å²) in [6.45, 7) is 3.59. The number of hydrogen-bond acceptors (Lipinski definition) is 10. The van der Waals surface area contributed by atoms with Gasteiger partial charge in [0.1, 0.15) is 36.4 Å². The fourth-order valence-corrected chi connectivity index (χ4v) is 4.71. The Balaban J connectivity index is 1.31. The van der Waals surface area contributed by atoms with Crippen molar-refractivity contribution >= 4 is 29.6 Å². The molecule has 2 aromatic heterocycles. The van der Waals surface area contributed by atoms with Crippen LogP contribution in [0.3, 0.4) is 0 Å². The van der Waals surface area contributed by atoms with Gasteiger partial charge in [0.2, 0.25) is 0 Å². The number of unbranched alkanes of at least 4 members (excludes halogenated alkanes) is 1. The standard InChI is InChI=1S/C31H40N8O3/c32-15-7-17-33-28-22-29(36-23-35-28)38-27(31(40)41)14-19-39(20-21-42-26-10-2-1-3-11-26)18-5-4-9-25-13-12-24-8-6-16-34-30(24)37-25/h1-3,7,10-13,15,17,22-23,27H,4-6,8-9,14,16,18-21,32H2,(H,34,37)(H,40,41)(H,35,36,38)/t27-/m0/s1. The first-order chi connectivity index (χ1) is 20.6. The van der Waals surface area contributed by atoms with Gasteiger partial charge in [0.25, 0.3) is 0 Å². The summed E-state index contributed by atoms with van der Waals surface area (Å²) in [5.74, 6) is 1.70. The number of carboxylic acid groups (broad SMARTS) is 1. The maximum atomic E-state index is 12.1. The number of anilines is 2. The van der Waals surface area contributed by atoms with Crippen LogP contribution < -0.4 is 21.1 Å². The summed E-state index contributed by atoms with van der Waals surface area (Å²) >= 11 is 0. The number of para-hydroxylation sites is 1. The number of allylic oxidation sites excluding steroid dienone is 1. The highest BCUT2D eigenvalue weighted by atomic mass is 16.5. The number of pyridine rings is 1. The fourth-order valence-electron chi connectivity index (χ4n) is 4.71. The van der Waals surface area contributed by atoms with E-state index in [-0.39, 0.29) is 0 Å². The molecule has 1 atom stereocenters. The molecule has 11 heteroatoms. The van der Waals surface area contributed by atoms with Crippen molar-refractivity contribution in [2.75, 3.05) is 43.4 Å². The molecule has 1 aliphatic heterocycles. The van der Waals surface area contributed by atoms with E-state index in [1.54, 1.807) is 12.1 Å². The third kappa shape index (κ3) is 10.2. The minimum atomic E-state index is -0.947. The van der Waals surface area contributed by atoms with Crippen LogP contribution >= 0.6 is 0 Å². The summed E-state index contributed by atoms with van der Waals surface area (Å²) in [6.07, 6.45) is 11.3. The van der Waals surface area contributed by atoms with E-state index in [9.17, 15) is 9.90 Å². The highest BCUT2D eigenvalue weighted by Crippen LogP contribution is 2.20. The molecule has 0 amide bonds. The van der Waals surface area contributed by atoms with Gasteiger partial charge in [-0.15, -0.1) is 0 Å². The number of nitrogens with two attached hydrogens (primary N) is 1. The van der Waals surface area contributed by atoms with Crippen molar-refractivity contribution in [3.8, 4) is 5.75 Å². The Morgan fingerprint density at radius 1 is 1.17 bits per heavy atom. The first-order valence-corrected chi connectivity index (χ1v) is 14.5. The number of ether oxygens (including phenoxy) is 1. The zero-order chi connectivity index (χ0) is 29.4. The molecule has 0 bridgehead atoms. The Hall–Kier alpha value is -4.51. The van der Waals surface area contributed by atoms with Crippen LogP contribution in [0.25, 0.3) is 0 Å². The first kappa shape index (κ1) is 30.4. The van der Waals surface area contributed by atoms with E-state index in [1.807, 2.05) is 30.3 Å². The third-order valence-corrected chi connectivity index (χ3v) is 6.94. The average Bonchev–Trinajstić information content (AvgIpc) is 3.01. The molecule has 1 aliphatic rings. The Bertz CT molecular complexity index is 1320. The molecule has 0 saturated heterocycles. The molecule has 11 nitrogen and oxygen atoms in total. The molecule has 0 fully saturated rings. The number of aryl methyl sites for hydroxylation is 2. The van der Waals surface area contributed by atoms with Crippen molar-refractivity contribution in [3.63, 3.8) is 0 Å². The third-order valence-electron chi connectivity index (χ3n) is 6.94. The number of carboxylic acids is 1.